The molecule has 148 valence electrons. The quantitative estimate of drug-likeness (QED) is 0.806. The number of rotatable bonds is 5. The fraction of sp³-hybridized carbons (Fsp3) is 0.474. The van der Waals surface area contributed by atoms with Gasteiger partial charge in [0.25, 0.3) is 0 Å². The van der Waals surface area contributed by atoms with E-state index in [1.54, 1.807) is 4.90 Å². The second-order valence-corrected chi connectivity index (χ2v) is 8.52. The highest BCUT2D eigenvalue weighted by atomic mass is 35.5. The maximum Gasteiger partial charge on any atom is 0.228 e. The number of halogens is 1. The standard InChI is InChI=1S/C19H22ClN5O2S/c20-15-7-5-13(6-8-15)11-21-17(27)14-3-1-9-24(12-14)18-22-23-19(28-18)25-10-2-4-16(25)26/h5-8,14H,1-4,9-12H2,(H,21,27)/t14-/m1/s1. The van der Waals surface area contributed by atoms with E-state index in [2.05, 4.69) is 20.4 Å². The molecule has 1 N–H and O–H groups in total. The van der Waals surface area contributed by atoms with E-state index in [9.17, 15) is 9.59 Å². The van der Waals surface area contributed by atoms with Crippen molar-refractivity contribution in [3.8, 4) is 0 Å². The summed E-state index contributed by atoms with van der Waals surface area (Å²) in [7, 11) is 0. The van der Waals surface area contributed by atoms with Crippen LogP contribution in [0.5, 0.6) is 0 Å². The van der Waals surface area contributed by atoms with Crippen molar-refractivity contribution in [2.45, 2.75) is 32.2 Å². The first-order valence-corrected chi connectivity index (χ1v) is 10.7. The number of piperidine rings is 1. The number of hydrogen-bond donors (Lipinski definition) is 1. The monoisotopic (exact) mass is 419 g/mol. The lowest BCUT2D eigenvalue weighted by molar-refractivity contribution is -0.125. The Kier molecular flexibility index (Phi) is 5.77. The Labute approximate surface area is 172 Å². The van der Waals surface area contributed by atoms with Crippen molar-refractivity contribution < 1.29 is 9.59 Å². The Bertz CT molecular complexity index is 856. The van der Waals surface area contributed by atoms with Gasteiger partial charge in [-0.25, -0.2) is 0 Å². The van der Waals surface area contributed by atoms with Gasteiger partial charge in [-0.3, -0.25) is 14.5 Å². The fourth-order valence-corrected chi connectivity index (χ4v) is 4.65. The van der Waals surface area contributed by atoms with Crippen molar-refractivity contribution in [2.75, 3.05) is 29.4 Å². The summed E-state index contributed by atoms with van der Waals surface area (Å²) in [5.41, 5.74) is 1.02. The summed E-state index contributed by atoms with van der Waals surface area (Å²) in [5, 5.41) is 13.6. The van der Waals surface area contributed by atoms with Crippen LogP contribution in [0.2, 0.25) is 5.02 Å². The molecule has 0 bridgehead atoms. The van der Waals surface area contributed by atoms with Gasteiger partial charge in [-0.1, -0.05) is 35.1 Å². The zero-order valence-corrected chi connectivity index (χ0v) is 17.0. The van der Waals surface area contributed by atoms with Gasteiger partial charge in [-0.05, 0) is 37.0 Å². The molecule has 0 aliphatic carbocycles. The Morgan fingerprint density at radius 3 is 2.71 bits per heavy atom. The second kappa shape index (κ2) is 8.45. The normalized spacial score (nSPS) is 19.9. The van der Waals surface area contributed by atoms with Crippen LogP contribution in [0.1, 0.15) is 31.2 Å². The smallest absolute Gasteiger partial charge is 0.228 e. The van der Waals surface area contributed by atoms with Crippen molar-refractivity contribution in [1.29, 1.82) is 0 Å². The lowest BCUT2D eigenvalue weighted by Gasteiger charge is -2.31. The third-order valence-electron chi connectivity index (χ3n) is 5.15. The number of nitrogens with zero attached hydrogens (tertiary/aromatic N) is 4. The Morgan fingerprint density at radius 2 is 1.96 bits per heavy atom. The zero-order chi connectivity index (χ0) is 19.5. The summed E-state index contributed by atoms with van der Waals surface area (Å²) in [6, 6.07) is 7.48. The molecule has 0 radical (unpaired) electrons. The minimum Gasteiger partial charge on any atom is -0.352 e. The van der Waals surface area contributed by atoms with Crippen LogP contribution in [-0.4, -0.2) is 41.6 Å². The molecule has 1 atom stereocenters. The molecule has 2 saturated heterocycles. The van der Waals surface area contributed by atoms with Crippen LogP contribution in [0.15, 0.2) is 24.3 Å². The minimum absolute atomic E-state index is 0.0547. The van der Waals surface area contributed by atoms with Gasteiger partial charge < -0.3 is 10.2 Å². The number of anilines is 2. The number of carbonyl (C=O) groups is 2. The summed E-state index contributed by atoms with van der Waals surface area (Å²) in [4.78, 5) is 28.3. The fourth-order valence-electron chi connectivity index (χ4n) is 3.60. The summed E-state index contributed by atoms with van der Waals surface area (Å²) < 4.78 is 0. The molecule has 28 heavy (non-hydrogen) atoms. The third-order valence-corrected chi connectivity index (χ3v) is 6.41. The molecule has 3 heterocycles. The van der Waals surface area contributed by atoms with Crippen molar-refractivity contribution in [3.63, 3.8) is 0 Å². The first-order chi connectivity index (χ1) is 13.6. The molecular formula is C19H22ClN5O2S. The van der Waals surface area contributed by atoms with Crippen LogP contribution in [0.25, 0.3) is 0 Å². The zero-order valence-electron chi connectivity index (χ0n) is 15.4. The van der Waals surface area contributed by atoms with Gasteiger partial charge in [-0.2, -0.15) is 0 Å². The summed E-state index contributed by atoms with van der Waals surface area (Å²) in [5.74, 6) is 0.0849. The van der Waals surface area contributed by atoms with Crippen LogP contribution in [0.3, 0.4) is 0 Å². The number of benzene rings is 1. The molecule has 2 amide bonds. The maximum absolute atomic E-state index is 12.6. The van der Waals surface area contributed by atoms with E-state index in [0.29, 0.717) is 36.2 Å². The topological polar surface area (TPSA) is 78.4 Å². The first kappa shape index (κ1) is 19.1. The number of aromatic nitrogens is 2. The molecule has 4 rings (SSSR count). The summed E-state index contributed by atoms with van der Waals surface area (Å²) >= 11 is 7.33. The SMILES string of the molecule is O=C(NCc1ccc(Cl)cc1)[C@@H]1CCCN(c2nnc(N3CCCC3=O)s2)C1. The average molecular weight is 420 g/mol. The van der Waals surface area contributed by atoms with E-state index in [-0.39, 0.29) is 17.7 Å². The number of nitrogens with one attached hydrogen (secondary N) is 1. The molecule has 0 saturated carbocycles. The average Bonchev–Trinajstić information content (AvgIpc) is 3.36. The number of amides is 2. The molecule has 0 spiro atoms. The minimum atomic E-state index is -0.0816. The van der Waals surface area contributed by atoms with Gasteiger partial charge >= 0.3 is 0 Å². The van der Waals surface area contributed by atoms with Crippen LogP contribution >= 0.6 is 22.9 Å². The molecular weight excluding hydrogens is 398 g/mol. The Morgan fingerprint density at radius 1 is 1.18 bits per heavy atom. The Hall–Kier alpha value is -2.19. The molecule has 1 aromatic heterocycles. The number of hydrogen-bond acceptors (Lipinski definition) is 6. The predicted molar refractivity (Wildman–Crippen MR) is 110 cm³/mol. The van der Waals surface area contributed by atoms with E-state index in [1.165, 1.54) is 11.3 Å². The molecule has 2 fully saturated rings. The molecule has 7 nitrogen and oxygen atoms in total. The van der Waals surface area contributed by atoms with Gasteiger partial charge in [0, 0.05) is 37.6 Å². The molecule has 1 aromatic carbocycles. The number of carbonyl (C=O) groups excluding carboxylic acids is 2. The van der Waals surface area contributed by atoms with Crippen LogP contribution in [-0.2, 0) is 16.1 Å². The highest BCUT2D eigenvalue weighted by Gasteiger charge is 2.29. The molecule has 9 heteroatoms. The van der Waals surface area contributed by atoms with Gasteiger partial charge in [0.1, 0.15) is 0 Å². The summed E-state index contributed by atoms with van der Waals surface area (Å²) in [6.07, 6.45) is 3.23. The van der Waals surface area contributed by atoms with Gasteiger partial charge in [0.15, 0.2) is 0 Å². The first-order valence-electron chi connectivity index (χ1n) is 9.51. The van der Waals surface area contributed by atoms with E-state index in [1.807, 2.05) is 24.3 Å². The van der Waals surface area contributed by atoms with E-state index in [4.69, 9.17) is 11.6 Å². The molecule has 2 aromatic rings. The van der Waals surface area contributed by atoms with Gasteiger partial charge in [-0.15, -0.1) is 10.2 Å². The predicted octanol–water partition coefficient (Wildman–Crippen LogP) is 2.85. The van der Waals surface area contributed by atoms with Crippen molar-refractivity contribution >= 4 is 45.0 Å². The van der Waals surface area contributed by atoms with Crippen molar-refractivity contribution in [3.05, 3.63) is 34.9 Å². The van der Waals surface area contributed by atoms with Crippen molar-refractivity contribution in [1.82, 2.24) is 15.5 Å². The van der Waals surface area contributed by atoms with E-state index in [0.717, 1.165) is 36.5 Å². The van der Waals surface area contributed by atoms with Crippen LogP contribution < -0.4 is 15.1 Å². The molecule has 2 aliphatic rings. The lowest BCUT2D eigenvalue weighted by atomic mass is 9.97. The van der Waals surface area contributed by atoms with Gasteiger partial charge in [0.2, 0.25) is 22.1 Å². The van der Waals surface area contributed by atoms with Crippen LogP contribution in [0.4, 0.5) is 10.3 Å². The maximum atomic E-state index is 12.6. The largest absolute Gasteiger partial charge is 0.352 e. The van der Waals surface area contributed by atoms with Gasteiger partial charge in [0.05, 0.1) is 5.92 Å². The molecule has 2 aliphatic heterocycles. The highest BCUT2D eigenvalue weighted by molar-refractivity contribution is 7.19. The van der Waals surface area contributed by atoms with E-state index >= 15 is 0 Å². The van der Waals surface area contributed by atoms with Crippen LogP contribution in [0, 0.1) is 5.92 Å². The second-order valence-electron chi connectivity index (χ2n) is 7.15. The van der Waals surface area contributed by atoms with E-state index < -0.39 is 0 Å². The summed E-state index contributed by atoms with van der Waals surface area (Å²) in [6.45, 7) is 2.67. The third kappa shape index (κ3) is 4.28. The Balaban J connectivity index is 1.35. The highest BCUT2D eigenvalue weighted by Crippen LogP contribution is 2.32. The molecule has 0 unspecified atom stereocenters. The van der Waals surface area contributed by atoms with Crippen molar-refractivity contribution in [2.24, 2.45) is 5.92 Å². The lowest BCUT2D eigenvalue weighted by Crippen LogP contribution is -2.43.